The largest absolute Gasteiger partial charge is 0.507 e. The summed E-state index contributed by atoms with van der Waals surface area (Å²) in [5, 5.41) is 55.5. The van der Waals surface area contributed by atoms with Gasteiger partial charge in [-0.2, -0.15) is 0 Å². The number of morpholine rings is 1. The van der Waals surface area contributed by atoms with Crippen molar-refractivity contribution in [3.63, 3.8) is 0 Å². The monoisotopic (exact) mass is 643 g/mol. The van der Waals surface area contributed by atoms with Gasteiger partial charge in [0, 0.05) is 62.2 Å². The normalized spacial score (nSPS) is 31.2. The van der Waals surface area contributed by atoms with E-state index < -0.39 is 102 Å². The van der Waals surface area contributed by atoms with E-state index in [0.717, 1.165) is 0 Å². The number of aliphatic hydroxyl groups excluding tert-OH is 2. The van der Waals surface area contributed by atoms with Crippen molar-refractivity contribution in [1.29, 1.82) is 0 Å². The topological polar surface area (TPSA) is 202 Å². The fraction of sp³-hybridized carbons (Fsp3) is 0.531. The molecule has 6 rings (SSSR count). The van der Waals surface area contributed by atoms with Crippen molar-refractivity contribution in [1.82, 2.24) is 4.90 Å². The van der Waals surface area contributed by atoms with Crippen molar-refractivity contribution in [3.05, 3.63) is 51.6 Å². The quantitative estimate of drug-likeness (QED) is 0.221. The lowest BCUT2D eigenvalue weighted by molar-refractivity contribution is -0.266. The zero-order valence-corrected chi connectivity index (χ0v) is 25.6. The summed E-state index contributed by atoms with van der Waals surface area (Å²) in [6.07, 6.45) is -5.46. The van der Waals surface area contributed by atoms with Crippen molar-refractivity contribution < 1.29 is 63.6 Å². The Bertz CT molecular complexity index is 1580. The molecule has 7 atom stereocenters. The molecule has 0 radical (unpaired) electrons. The number of benzene rings is 2. The number of nitrogens with zero attached hydrogens (tertiary/aromatic N) is 1. The lowest BCUT2D eigenvalue weighted by Gasteiger charge is -2.47. The molecule has 2 fully saturated rings. The molecule has 6 unspecified atom stereocenters. The van der Waals surface area contributed by atoms with Crippen LogP contribution in [0.4, 0.5) is 0 Å². The van der Waals surface area contributed by atoms with Gasteiger partial charge in [0.05, 0.1) is 48.7 Å². The van der Waals surface area contributed by atoms with Crippen LogP contribution in [0.25, 0.3) is 0 Å². The van der Waals surface area contributed by atoms with Gasteiger partial charge in [-0.25, -0.2) is 0 Å². The van der Waals surface area contributed by atoms with E-state index >= 15 is 0 Å². The lowest BCUT2D eigenvalue weighted by atomic mass is 9.72. The maximum Gasteiger partial charge on any atom is 0.202 e. The number of phenolic OH excluding ortho intramolecular Hbond substituents is 2. The number of carbonyl (C=O) groups is 3. The second-order valence-electron chi connectivity index (χ2n) is 12.1. The first-order chi connectivity index (χ1) is 21.9. The molecule has 0 aromatic heterocycles. The molecule has 2 saturated heterocycles. The third-order valence-electron chi connectivity index (χ3n) is 9.53. The first kappa shape index (κ1) is 32.5. The highest BCUT2D eigenvalue weighted by Gasteiger charge is 2.50. The maximum atomic E-state index is 13.9. The van der Waals surface area contributed by atoms with Crippen molar-refractivity contribution in [2.75, 3.05) is 40.5 Å². The molecule has 5 N–H and O–H groups in total. The van der Waals surface area contributed by atoms with E-state index in [-0.39, 0.29) is 34.4 Å². The average Bonchev–Trinajstić information content (AvgIpc) is 3.05. The van der Waals surface area contributed by atoms with Crippen LogP contribution in [0, 0.1) is 0 Å². The summed E-state index contributed by atoms with van der Waals surface area (Å²) in [6.45, 7) is 1.88. The second kappa shape index (κ2) is 12.3. The van der Waals surface area contributed by atoms with Gasteiger partial charge >= 0.3 is 0 Å². The summed E-state index contributed by atoms with van der Waals surface area (Å²) < 4.78 is 28.6. The smallest absolute Gasteiger partial charge is 0.202 e. The highest BCUT2D eigenvalue weighted by atomic mass is 16.7. The maximum absolute atomic E-state index is 13.9. The molecule has 0 spiro atoms. The van der Waals surface area contributed by atoms with Crippen LogP contribution in [0.15, 0.2) is 18.2 Å². The molecule has 46 heavy (non-hydrogen) atoms. The van der Waals surface area contributed by atoms with Gasteiger partial charge in [-0.1, -0.05) is 12.1 Å². The Morgan fingerprint density at radius 1 is 1.09 bits per heavy atom. The molecule has 14 nitrogen and oxygen atoms in total. The minimum Gasteiger partial charge on any atom is -0.507 e. The molecule has 248 valence electrons. The Morgan fingerprint density at radius 3 is 2.52 bits per heavy atom. The van der Waals surface area contributed by atoms with Crippen LogP contribution in [0.2, 0.25) is 0 Å². The van der Waals surface area contributed by atoms with E-state index in [2.05, 4.69) is 0 Å². The standard InChI is InChI=1S/C32H37NO13/c1-14-27(36)17(33-7-8-44-22(12-33)43-3)9-21(45-14)46-19-11-32(41,20(35)13-34)10-16-24(19)31(40)26-25(29(16)38)28(37)15-5-4-6-18(42-2)23(15)30(26)39/h4-6,14,17,19,21-22,27,34,36,38,40-41H,7-13H2,1-3H3/t14?,17?,19?,21?,22?,27?,32-/m0/s1. The van der Waals surface area contributed by atoms with E-state index in [1.807, 2.05) is 4.90 Å². The summed E-state index contributed by atoms with van der Waals surface area (Å²) in [7, 11) is 2.85. The number of aliphatic hydroxyl groups is 3. The number of phenols is 2. The molecule has 0 bridgehead atoms. The first-order valence-electron chi connectivity index (χ1n) is 15.0. The van der Waals surface area contributed by atoms with Crippen LogP contribution in [-0.2, 0) is 30.2 Å². The molecule has 0 saturated carbocycles. The number of methoxy groups -OCH3 is 2. The number of Topliss-reactive ketones (excluding diaryl/α,β-unsaturated/α-hetero) is 1. The van der Waals surface area contributed by atoms with Gasteiger partial charge in [0.25, 0.3) is 0 Å². The van der Waals surface area contributed by atoms with E-state index in [9.17, 15) is 39.9 Å². The molecule has 2 aromatic carbocycles. The highest BCUT2D eigenvalue weighted by Crippen LogP contribution is 2.52. The van der Waals surface area contributed by atoms with Crippen LogP contribution in [0.1, 0.15) is 68.8 Å². The first-order valence-corrected chi connectivity index (χ1v) is 15.0. The predicted octanol–water partition coefficient (Wildman–Crippen LogP) is 0.347. The molecular formula is C32H37NO13. The number of hydrogen-bond acceptors (Lipinski definition) is 14. The summed E-state index contributed by atoms with van der Waals surface area (Å²) >= 11 is 0. The lowest BCUT2D eigenvalue weighted by Crippen LogP contribution is -2.59. The van der Waals surface area contributed by atoms with Crippen LogP contribution >= 0.6 is 0 Å². The Balaban J connectivity index is 1.43. The van der Waals surface area contributed by atoms with Crippen molar-refractivity contribution in [2.45, 2.75) is 68.7 Å². The van der Waals surface area contributed by atoms with E-state index in [0.29, 0.717) is 19.7 Å². The predicted molar refractivity (Wildman–Crippen MR) is 156 cm³/mol. The number of aromatic hydroxyl groups is 2. The Labute approximate surface area is 264 Å². The summed E-state index contributed by atoms with van der Waals surface area (Å²) in [5.41, 5.74) is -3.62. The minimum absolute atomic E-state index is 0.0511. The minimum atomic E-state index is -2.26. The molecule has 2 aliphatic heterocycles. The van der Waals surface area contributed by atoms with Crippen LogP contribution < -0.4 is 4.74 Å². The van der Waals surface area contributed by atoms with Gasteiger partial charge in [-0.05, 0) is 13.0 Å². The van der Waals surface area contributed by atoms with Gasteiger partial charge < -0.3 is 49.2 Å². The zero-order chi connectivity index (χ0) is 33.1. The Hall–Kier alpha value is -3.47. The molecule has 2 aromatic rings. The van der Waals surface area contributed by atoms with Crippen LogP contribution in [0.3, 0.4) is 0 Å². The van der Waals surface area contributed by atoms with Gasteiger partial charge in [0.2, 0.25) is 5.78 Å². The second-order valence-corrected chi connectivity index (χ2v) is 12.1. The average molecular weight is 644 g/mol. The highest BCUT2D eigenvalue weighted by molar-refractivity contribution is 6.31. The third kappa shape index (κ3) is 5.18. The van der Waals surface area contributed by atoms with Crippen LogP contribution in [0.5, 0.6) is 17.2 Å². The summed E-state index contributed by atoms with van der Waals surface area (Å²) in [4.78, 5) is 42.4. The van der Waals surface area contributed by atoms with Crippen molar-refractivity contribution in [2.24, 2.45) is 0 Å². The van der Waals surface area contributed by atoms with Gasteiger partial charge in [0.15, 0.2) is 24.1 Å². The van der Waals surface area contributed by atoms with Crippen molar-refractivity contribution >= 4 is 17.3 Å². The Morgan fingerprint density at radius 2 is 1.83 bits per heavy atom. The molecular weight excluding hydrogens is 606 g/mol. The summed E-state index contributed by atoms with van der Waals surface area (Å²) in [5.74, 6) is -3.75. The third-order valence-corrected chi connectivity index (χ3v) is 9.53. The summed E-state index contributed by atoms with van der Waals surface area (Å²) in [6, 6.07) is 3.93. The number of rotatable bonds is 7. The molecule has 2 aliphatic carbocycles. The number of carbonyl (C=O) groups excluding carboxylic acids is 3. The van der Waals surface area contributed by atoms with Gasteiger partial charge in [0.1, 0.15) is 29.5 Å². The molecule has 2 heterocycles. The fourth-order valence-corrected chi connectivity index (χ4v) is 7.14. The number of hydrogen-bond donors (Lipinski definition) is 5. The molecule has 4 aliphatic rings. The van der Waals surface area contributed by atoms with Crippen molar-refractivity contribution in [3.8, 4) is 17.2 Å². The van der Waals surface area contributed by atoms with Gasteiger partial charge in [-0.15, -0.1) is 0 Å². The molecule has 14 heteroatoms. The van der Waals surface area contributed by atoms with E-state index in [1.165, 1.54) is 32.4 Å². The Kier molecular flexibility index (Phi) is 8.67. The van der Waals surface area contributed by atoms with E-state index in [1.54, 1.807) is 6.92 Å². The number of fused-ring (bicyclic) bond motifs is 3. The van der Waals surface area contributed by atoms with Gasteiger partial charge in [-0.3, -0.25) is 19.3 Å². The zero-order valence-electron chi connectivity index (χ0n) is 25.6. The fourth-order valence-electron chi connectivity index (χ4n) is 7.14. The SMILES string of the molecule is COc1cccc2c1C(=O)c1c(O)c3c(c(O)c1C2=O)C[C@@](O)(C(=O)CO)CC3OC1CC(N2CCOC(OC)C2)C(O)C(C)O1. The number of ether oxygens (including phenoxy) is 5. The molecule has 0 amide bonds. The van der Waals surface area contributed by atoms with E-state index in [4.69, 9.17) is 23.7 Å². The number of ketones is 3. The van der Waals surface area contributed by atoms with Crippen LogP contribution in [-0.4, -0.2) is 125 Å².